The van der Waals surface area contributed by atoms with Crippen LogP contribution in [-0.4, -0.2) is 33.0 Å². The van der Waals surface area contributed by atoms with E-state index in [9.17, 15) is 18.0 Å². The molecule has 1 N–H and O–H groups in total. The zero-order valence-electron chi connectivity index (χ0n) is 17.8. The van der Waals surface area contributed by atoms with Crippen molar-refractivity contribution in [2.75, 3.05) is 17.7 Å². The highest BCUT2D eigenvalue weighted by molar-refractivity contribution is 7.99. The topological polar surface area (TPSA) is 69.0 Å². The van der Waals surface area contributed by atoms with Gasteiger partial charge < -0.3 is 14.6 Å². The molecular weight excluding hydrogens is 441 g/mol. The third-order valence-electron chi connectivity index (χ3n) is 4.37. The van der Waals surface area contributed by atoms with E-state index in [0.717, 1.165) is 29.1 Å². The molecule has 0 radical (unpaired) electrons. The molecule has 0 aliphatic carbocycles. The van der Waals surface area contributed by atoms with Crippen molar-refractivity contribution in [2.24, 2.45) is 13.0 Å². The molecule has 0 fully saturated rings. The van der Waals surface area contributed by atoms with E-state index in [0.29, 0.717) is 23.5 Å². The summed E-state index contributed by atoms with van der Waals surface area (Å²) in [5.41, 5.74) is -0.337. The van der Waals surface area contributed by atoms with Crippen molar-refractivity contribution in [3.63, 3.8) is 0 Å². The summed E-state index contributed by atoms with van der Waals surface area (Å²) in [6, 6.07) is 12.3. The molecule has 0 saturated carbocycles. The number of para-hydroxylation sites is 1. The molecule has 170 valence electrons. The molecule has 0 saturated heterocycles. The minimum Gasteiger partial charge on any atom is -0.493 e. The van der Waals surface area contributed by atoms with E-state index in [2.05, 4.69) is 29.4 Å². The van der Waals surface area contributed by atoms with Crippen LogP contribution in [0.5, 0.6) is 5.75 Å². The number of carbonyl (C=O) groups is 1. The summed E-state index contributed by atoms with van der Waals surface area (Å²) in [6.45, 7) is 4.77. The number of halogens is 3. The monoisotopic (exact) mass is 464 g/mol. The van der Waals surface area contributed by atoms with Crippen LogP contribution in [0.1, 0.15) is 19.4 Å². The first-order chi connectivity index (χ1) is 15.1. The fourth-order valence-corrected chi connectivity index (χ4v) is 3.52. The molecule has 6 nitrogen and oxygen atoms in total. The number of ether oxygens (including phenoxy) is 1. The highest BCUT2D eigenvalue weighted by atomic mass is 32.2. The molecular formula is C22H23F3N4O2S. The molecule has 0 bridgehead atoms. The van der Waals surface area contributed by atoms with Crippen LogP contribution in [0.25, 0.3) is 11.4 Å². The molecule has 32 heavy (non-hydrogen) atoms. The first kappa shape index (κ1) is 23.6. The number of carbonyl (C=O) groups excluding carboxylic acids is 1. The number of benzene rings is 2. The number of nitrogens with zero attached hydrogens (tertiary/aromatic N) is 3. The number of anilines is 1. The first-order valence-electron chi connectivity index (χ1n) is 9.86. The van der Waals surface area contributed by atoms with Gasteiger partial charge in [0.2, 0.25) is 5.91 Å². The average molecular weight is 465 g/mol. The standard InChI is InChI=1S/C22H23F3N4O2S/c1-14(2)12-31-16-10-8-15(9-11-16)20-27-28-21(29(20)3)32-13-19(30)26-18-7-5-4-6-17(18)22(23,24)25/h4-11,14H,12-13H2,1-3H3,(H,26,30). The Kier molecular flexibility index (Phi) is 7.44. The molecule has 2 aromatic carbocycles. The average Bonchev–Trinajstić information content (AvgIpc) is 3.11. The molecule has 0 atom stereocenters. The lowest BCUT2D eigenvalue weighted by Crippen LogP contribution is -2.18. The maximum atomic E-state index is 13.1. The zero-order chi connectivity index (χ0) is 23.3. The second-order valence-corrected chi connectivity index (χ2v) is 8.42. The smallest absolute Gasteiger partial charge is 0.418 e. The van der Waals surface area contributed by atoms with Gasteiger partial charge in [-0.05, 0) is 42.3 Å². The van der Waals surface area contributed by atoms with Crippen LogP contribution in [0.15, 0.2) is 53.7 Å². The third kappa shape index (κ3) is 6.03. The lowest BCUT2D eigenvalue weighted by Gasteiger charge is -2.13. The van der Waals surface area contributed by atoms with Crippen molar-refractivity contribution in [2.45, 2.75) is 25.2 Å². The van der Waals surface area contributed by atoms with E-state index >= 15 is 0 Å². The van der Waals surface area contributed by atoms with Crippen molar-refractivity contribution in [3.05, 3.63) is 54.1 Å². The Bertz CT molecular complexity index is 1070. The fraction of sp³-hybridized carbons (Fsp3) is 0.318. The van der Waals surface area contributed by atoms with E-state index in [1.807, 2.05) is 24.3 Å². The maximum absolute atomic E-state index is 13.1. The van der Waals surface area contributed by atoms with Crippen LogP contribution in [0.2, 0.25) is 0 Å². The van der Waals surface area contributed by atoms with Gasteiger partial charge in [0, 0.05) is 12.6 Å². The number of thioether (sulfide) groups is 1. The predicted octanol–water partition coefficient (Wildman–Crippen LogP) is 5.27. The molecule has 0 unspecified atom stereocenters. The second-order valence-electron chi connectivity index (χ2n) is 7.47. The van der Waals surface area contributed by atoms with E-state index in [4.69, 9.17) is 4.74 Å². The molecule has 1 heterocycles. The molecule has 0 aliphatic heterocycles. The molecule has 1 aromatic heterocycles. The zero-order valence-corrected chi connectivity index (χ0v) is 18.6. The second kappa shape index (κ2) is 10.1. The van der Waals surface area contributed by atoms with Gasteiger partial charge in [0.25, 0.3) is 0 Å². The van der Waals surface area contributed by atoms with Gasteiger partial charge in [-0.2, -0.15) is 13.2 Å². The van der Waals surface area contributed by atoms with Gasteiger partial charge in [0.05, 0.1) is 23.6 Å². The van der Waals surface area contributed by atoms with Gasteiger partial charge in [-0.1, -0.05) is 37.7 Å². The number of nitrogens with one attached hydrogen (secondary N) is 1. The van der Waals surface area contributed by atoms with Crippen molar-refractivity contribution < 1.29 is 22.7 Å². The lowest BCUT2D eigenvalue weighted by atomic mass is 10.1. The predicted molar refractivity (Wildman–Crippen MR) is 118 cm³/mol. The fourth-order valence-electron chi connectivity index (χ4n) is 2.81. The summed E-state index contributed by atoms with van der Waals surface area (Å²) in [5, 5.41) is 11.1. The number of amides is 1. The summed E-state index contributed by atoms with van der Waals surface area (Å²) in [7, 11) is 1.76. The molecule has 0 spiro atoms. The van der Waals surface area contributed by atoms with Gasteiger partial charge in [-0.25, -0.2) is 0 Å². The summed E-state index contributed by atoms with van der Waals surface area (Å²) in [6.07, 6.45) is -4.55. The normalized spacial score (nSPS) is 11.6. The minimum absolute atomic E-state index is 0.111. The van der Waals surface area contributed by atoms with Crippen LogP contribution >= 0.6 is 11.8 Å². The Labute approximate surface area is 188 Å². The summed E-state index contributed by atoms with van der Waals surface area (Å²) in [4.78, 5) is 12.2. The Morgan fingerprint density at radius 1 is 1.12 bits per heavy atom. The number of rotatable bonds is 8. The Morgan fingerprint density at radius 3 is 2.47 bits per heavy atom. The van der Waals surface area contributed by atoms with Crippen molar-refractivity contribution >= 4 is 23.4 Å². The molecule has 3 aromatic rings. The van der Waals surface area contributed by atoms with Gasteiger partial charge in [-0.15, -0.1) is 10.2 Å². The van der Waals surface area contributed by atoms with Crippen LogP contribution in [-0.2, 0) is 18.0 Å². The van der Waals surface area contributed by atoms with Crippen molar-refractivity contribution in [1.82, 2.24) is 14.8 Å². The van der Waals surface area contributed by atoms with E-state index in [-0.39, 0.29) is 11.4 Å². The molecule has 1 amide bonds. The van der Waals surface area contributed by atoms with Gasteiger partial charge in [0.1, 0.15) is 5.75 Å². The van der Waals surface area contributed by atoms with Gasteiger partial charge in [0.15, 0.2) is 11.0 Å². The van der Waals surface area contributed by atoms with Gasteiger partial charge in [-0.3, -0.25) is 4.79 Å². The van der Waals surface area contributed by atoms with Crippen LogP contribution in [0.4, 0.5) is 18.9 Å². The minimum atomic E-state index is -4.55. The third-order valence-corrected chi connectivity index (χ3v) is 5.39. The summed E-state index contributed by atoms with van der Waals surface area (Å²) in [5.74, 6) is 1.11. The molecule has 0 aliphatic rings. The molecule has 3 rings (SSSR count). The molecule has 10 heteroatoms. The maximum Gasteiger partial charge on any atom is 0.418 e. The lowest BCUT2D eigenvalue weighted by molar-refractivity contribution is -0.137. The van der Waals surface area contributed by atoms with E-state index in [1.54, 1.807) is 11.6 Å². The number of hydrogen-bond donors (Lipinski definition) is 1. The van der Waals surface area contributed by atoms with Gasteiger partial charge >= 0.3 is 6.18 Å². The highest BCUT2D eigenvalue weighted by Crippen LogP contribution is 2.34. The Morgan fingerprint density at radius 2 is 1.81 bits per heavy atom. The van der Waals surface area contributed by atoms with E-state index < -0.39 is 17.6 Å². The number of aromatic nitrogens is 3. The highest BCUT2D eigenvalue weighted by Gasteiger charge is 2.33. The number of hydrogen-bond acceptors (Lipinski definition) is 5. The quantitative estimate of drug-likeness (QED) is 0.460. The summed E-state index contributed by atoms with van der Waals surface area (Å²) >= 11 is 1.09. The van der Waals surface area contributed by atoms with Crippen LogP contribution in [0, 0.1) is 5.92 Å². The summed E-state index contributed by atoms with van der Waals surface area (Å²) < 4.78 is 46.7. The van der Waals surface area contributed by atoms with E-state index in [1.165, 1.54) is 18.2 Å². The van der Waals surface area contributed by atoms with Crippen molar-refractivity contribution in [3.8, 4) is 17.1 Å². The first-order valence-corrected chi connectivity index (χ1v) is 10.8. The SMILES string of the molecule is CC(C)COc1ccc(-c2nnc(SCC(=O)Nc3ccccc3C(F)(F)F)n2C)cc1. The van der Waals surface area contributed by atoms with Crippen LogP contribution < -0.4 is 10.1 Å². The van der Waals surface area contributed by atoms with Crippen molar-refractivity contribution in [1.29, 1.82) is 0 Å². The Balaban J connectivity index is 1.62. The Hall–Kier alpha value is -3.01. The largest absolute Gasteiger partial charge is 0.493 e. The van der Waals surface area contributed by atoms with Crippen LogP contribution in [0.3, 0.4) is 0 Å². The number of alkyl halides is 3.